The zero-order chi connectivity index (χ0) is 11.5. The first-order chi connectivity index (χ1) is 7.20. The van der Waals surface area contributed by atoms with Crippen molar-refractivity contribution in [3.8, 4) is 0 Å². The maximum Gasteiger partial charge on any atom is 0.0703 e. The van der Waals surface area contributed by atoms with E-state index in [-0.39, 0.29) is 18.8 Å². The van der Waals surface area contributed by atoms with Crippen LogP contribution in [-0.2, 0) is 9.47 Å². The first kappa shape index (κ1) is 14.8. The number of aliphatic hydroxyl groups is 1. The van der Waals surface area contributed by atoms with Crippen LogP contribution in [0, 0.1) is 0 Å². The molecule has 1 unspecified atom stereocenters. The number of hydrogen-bond acceptors (Lipinski definition) is 4. The molecule has 4 heteroatoms. The van der Waals surface area contributed by atoms with Gasteiger partial charge in [0.05, 0.1) is 25.9 Å². The molecule has 0 aliphatic rings. The van der Waals surface area contributed by atoms with Gasteiger partial charge in [0.2, 0.25) is 0 Å². The maximum atomic E-state index is 8.99. The lowest BCUT2D eigenvalue weighted by Gasteiger charge is -2.15. The van der Waals surface area contributed by atoms with Crippen LogP contribution in [0.2, 0.25) is 0 Å². The van der Waals surface area contributed by atoms with E-state index in [0.717, 1.165) is 13.0 Å². The number of aliphatic hydroxyl groups excluding tert-OH is 1. The number of likely N-dealkylation sites (N-methyl/N-ethyl adjacent to an activating group) is 1. The van der Waals surface area contributed by atoms with Gasteiger partial charge in [-0.05, 0) is 26.8 Å². The summed E-state index contributed by atoms with van der Waals surface area (Å²) >= 11 is 0. The van der Waals surface area contributed by atoms with Gasteiger partial charge in [0.15, 0.2) is 0 Å². The molecule has 0 spiro atoms. The number of ether oxygens (including phenoxy) is 2. The van der Waals surface area contributed by atoms with Crippen LogP contribution in [0.5, 0.6) is 0 Å². The van der Waals surface area contributed by atoms with Gasteiger partial charge >= 0.3 is 0 Å². The van der Waals surface area contributed by atoms with Crippen molar-refractivity contribution in [1.82, 2.24) is 5.32 Å². The minimum absolute atomic E-state index is 0.154. The van der Waals surface area contributed by atoms with Crippen LogP contribution in [0.4, 0.5) is 0 Å². The van der Waals surface area contributed by atoms with Crippen molar-refractivity contribution in [2.24, 2.45) is 0 Å². The largest absolute Gasteiger partial charge is 0.395 e. The van der Waals surface area contributed by atoms with E-state index in [1.54, 1.807) is 0 Å². The fourth-order valence-electron chi connectivity index (χ4n) is 1.22. The van der Waals surface area contributed by atoms with Crippen LogP contribution in [0.25, 0.3) is 0 Å². The molecule has 0 aliphatic carbocycles. The van der Waals surface area contributed by atoms with Crippen molar-refractivity contribution >= 4 is 0 Å². The normalized spacial score (nSPS) is 13.4. The molecular formula is C11H25NO3. The van der Waals surface area contributed by atoms with Crippen LogP contribution < -0.4 is 5.32 Å². The fraction of sp³-hybridized carbons (Fsp3) is 1.00. The van der Waals surface area contributed by atoms with Crippen LogP contribution in [0.3, 0.4) is 0 Å². The monoisotopic (exact) mass is 219 g/mol. The van der Waals surface area contributed by atoms with Crippen LogP contribution in [-0.4, -0.2) is 50.2 Å². The Bertz CT molecular complexity index is 131. The second kappa shape index (κ2) is 10.4. The topological polar surface area (TPSA) is 50.7 Å². The highest BCUT2D eigenvalue weighted by Gasteiger charge is 2.04. The predicted octanol–water partition coefficient (Wildman–Crippen LogP) is 0.788. The van der Waals surface area contributed by atoms with E-state index in [0.29, 0.717) is 19.8 Å². The van der Waals surface area contributed by atoms with Gasteiger partial charge in [0.1, 0.15) is 0 Å². The van der Waals surface area contributed by atoms with Gasteiger partial charge in [0.25, 0.3) is 0 Å². The Morgan fingerprint density at radius 1 is 1.20 bits per heavy atom. The highest BCUT2D eigenvalue weighted by molar-refractivity contribution is 4.63. The molecule has 92 valence electrons. The summed E-state index contributed by atoms with van der Waals surface area (Å²) in [5.41, 5.74) is 0. The Kier molecular flexibility index (Phi) is 10.3. The van der Waals surface area contributed by atoms with Crippen LogP contribution in [0.1, 0.15) is 27.2 Å². The van der Waals surface area contributed by atoms with E-state index in [4.69, 9.17) is 14.6 Å². The van der Waals surface area contributed by atoms with Crippen molar-refractivity contribution in [2.75, 3.05) is 33.0 Å². The van der Waals surface area contributed by atoms with Gasteiger partial charge in [-0.1, -0.05) is 6.92 Å². The second-order valence-corrected chi connectivity index (χ2v) is 3.76. The quantitative estimate of drug-likeness (QED) is 0.533. The highest BCUT2D eigenvalue weighted by Crippen LogP contribution is 1.93. The fourth-order valence-corrected chi connectivity index (χ4v) is 1.22. The van der Waals surface area contributed by atoms with Crippen molar-refractivity contribution < 1.29 is 14.6 Å². The molecule has 0 radical (unpaired) electrons. The molecule has 0 rings (SSSR count). The van der Waals surface area contributed by atoms with Crippen molar-refractivity contribution in [2.45, 2.75) is 39.3 Å². The van der Waals surface area contributed by atoms with Gasteiger partial charge < -0.3 is 19.9 Å². The van der Waals surface area contributed by atoms with Crippen molar-refractivity contribution in [1.29, 1.82) is 0 Å². The third-order valence-corrected chi connectivity index (χ3v) is 2.00. The number of nitrogens with one attached hydrogen (secondary N) is 1. The molecule has 15 heavy (non-hydrogen) atoms. The number of rotatable bonds is 10. The average molecular weight is 219 g/mol. The molecule has 0 saturated carbocycles. The maximum absolute atomic E-state index is 8.99. The molecule has 0 aliphatic heterocycles. The van der Waals surface area contributed by atoms with E-state index < -0.39 is 0 Å². The Morgan fingerprint density at radius 3 is 2.47 bits per heavy atom. The summed E-state index contributed by atoms with van der Waals surface area (Å²) in [6.45, 7) is 9.02. The lowest BCUT2D eigenvalue weighted by Crippen LogP contribution is -2.33. The molecule has 0 amide bonds. The van der Waals surface area contributed by atoms with Gasteiger partial charge in [-0.2, -0.15) is 0 Å². The second-order valence-electron chi connectivity index (χ2n) is 3.76. The third kappa shape index (κ3) is 10.1. The average Bonchev–Trinajstić information content (AvgIpc) is 2.21. The molecule has 0 fully saturated rings. The summed E-state index contributed by atoms with van der Waals surface area (Å²) < 4.78 is 10.7. The minimum atomic E-state index is 0.154. The lowest BCUT2D eigenvalue weighted by atomic mass is 10.2. The lowest BCUT2D eigenvalue weighted by molar-refractivity contribution is 0.0163. The van der Waals surface area contributed by atoms with Gasteiger partial charge in [-0.15, -0.1) is 0 Å². The van der Waals surface area contributed by atoms with Crippen LogP contribution in [0.15, 0.2) is 0 Å². The predicted molar refractivity (Wildman–Crippen MR) is 61.1 cm³/mol. The molecule has 0 saturated heterocycles. The van der Waals surface area contributed by atoms with Crippen molar-refractivity contribution in [3.05, 3.63) is 0 Å². The molecular weight excluding hydrogens is 194 g/mol. The molecule has 0 aromatic rings. The Morgan fingerprint density at radius 2 is 1.93 bits per heavy atom. The molecule has 0 aromatic heterocycles. The summed E-state index contributed by atoms with van der Waals surface area (Å²) in [4.78, 5) is 0. The van der Waals surface area contributed by atoms with Gasteiger partial charge in [-0.25, -0.2) is 0 Å². The zero-order valence-electron chi connectivity index (χ0n) is 10.2. The SMILES string of the molecule is CCNC(CO)CCOCCOC(C)C. The van der Waals surface area contributed by atoms with Gasteiger partial charge in [0, 0.05) is 12.6 Å². The Hall–Kier alpha value is -0.160. The van der Waals surface area contributed by atoms with E-state index in [2.05, 4.69) is 5.32 Å². The minimum Gasteiger partial charge on any atom is -0.395 e. The summed E-state index contributed by atoms with van der Waals surface area (Å²) in [6, 6.07) is 0.154. The molecule has 4 nitrogen and oxygen atoms in total. The molecule has 0 heterocycles. The van der Waals surface area contributed by atoms with Crippen LogP contribution >= 0.6 is 0 Å². The Labute approximate surface area is 93.0 Å². The van der Waals surface area contributed by atoms with E-state index in [1.807, 2.05) is 20.8 Å². The highest BCUT2D eigenvalue weighted by atomic mass is 16.5. The standard InChI is InChI=1S/C11H25NO3/c1-4-12-11(9-13)5-6-14-7-8-15-10(2)3/h10-13H,4-9H2,1-3H3. The van der Waals surface area contributed by atoms with E-state index in [1.165, 1.54) is 0 Å². The van der Waals surface area contributed by atoms with E-state index in [9.17, 15) is 0 Å². The molecule has 0 bridgehead atoms. The Balaban J connectivity index is 3.21. The third-order valence-electron chi connectivity index (χ3n) is 2.00. The first-order valence-electron chi connectivity index (χ1n) is 5.74. The summed E-state index contributed by atoms with van der Waals surface area (Å²) in [7, 11) is 0. The van der Waals surface area contributed by atoms with Gasteiger partial charge in [-0.3, -0.25) is 0 Å². The number of hydrogen-bond donors (Lipinski definition) is 2. The summed E-state index contributed by atoms with van der Waals surface area (Å²) in [5, 5.41) is 12.2. The first-order valence-corrected chi connectivity index (χ1v) is 5.74. The summed E-state index contributed by atoms with van der Waals surface area (Å²) in [5.74, 6) is 0. The van der Waals surface area contributed by atoms with E-state index >= 15 is 0 Å². The van der Waals surface area contributed by atoms with Crippen molar-refractivity contribution in [3.63, 3.8) is 0 Å². The smallest absolute Gasteiger partial charge is 0.0703 e. The molecule has 2 N–H and O–H groups in total. The molecule has 1 atom stereocenters. The molecule has 0 aromatic carbocycles. The zero-order valence-corrected chi connectivity index (χ0v) is 10.2. The summed E-state index contributed by atoms with van der Waals surface area (Å²) in [6.07, 6.45) is 1.10.